The standard InChI is InChI=1S/C9H8ClNO2/c1-2-9(13)11-7-4-3-6(10)5-8(7)12/h2-5,12H,1H2,(H,11,13). The topological polar surface area (TPSA) is 49.3 Å². The molecule has 0 spiro atoms. The Morgan fingerprint density at radius 2 is 2.31 bits per heavy atom. The molecule has 0 saturated carbocycles. The van der Waals surface area contributed by atoms with Crippen molar-refractivity contribution in [2.75, 3.05) is 5.32 Å². The normalized spacial score (nSPS) is 9.31. The van der Waals surface area contributed by atoms with Crippen LogP contribution in [0.2, 0.25) is 5.02 Å². The van der Waals surface area contributed by atoms with Gasteiger partial charge in [-0.2, -0.15) is 0 Å². The zero-order chi connectivity index (χ0) is 9.84. The quantitative estimate of drug-likeness (QED) is 0.564. The van der Waals surface area contributed by atoms with E-state index in [4.69, 9.17) is 11.6 Å². The van der Waals surface area contributed by atoms with Crippen LogP contribution in [0.1, 0.15) is 0 Å². The second-order valence-electron chi connectivity index (χ2n) is 2.35. The van der Waals surface area contributed by atoms with Gasteiger partial charge in [0.25, 0.3) is 0 Å². The van der Waals surface area contributed by atoms with Gasteiger partial charge in [-0.1, -0.05) is 18.2 Å². The lowest BCUT2D eigenvalue weighted by molar-refractivity contribution is -0.111. The number of benzene rings is 1. The molecule has 0 radical (unpaired) electrons. The third-order valence-electron chi connectivity index (χ3n) is 1.40. The predicted octanol–water partition coefficient (Wildman–Crippen LogP) is 2.17. The second kappa shape index (κ2) is 3.96. The number of aromatic hydroxyl groups is 1. The van der Waals surface area contributed by atoms with Crippen LogP contribution in [-0.2, 0) is 4.79 Å². The predicted molar refractivity (Wildman–Crippen MR) is 51.9 cm³/mol. The Labute approximate surface area is 80.6 Å². The lowest BCUT2D eigenvalue weighted by Gasteiger charge is -2.04. The lowest BCUT2D eigenvalue weighted by atomic mass is 10.3. The van der Waals surface area contributed by atoms with Crippen molar-refractivity contribution < 1.29 is 9.90 Å². The first kappa shape index (κ1) is 9.61. The zero-order valence-corrected chi connectivity index (χ0v) is 7.51. The molecule has 0 aliphatic carbocycles. The Kier molecular flexibility index (Phi) is 2.93. The van der Waals surface area contributed by atoms with Crippen LogP contribution < -0.4 is 5.32 Å². The van der Waals surface area contributed by atoms with Gasteiger partial charge >= 0.3 is 0 Å². The molecule has 1 aromatic carbocycles. The van der Waals surface area contributed by atoms with Crippen molar-refractivity contribution in [2.24, 2.45) is 0 Å². The molecule has 1 aromatic rings. The molecule has 0 fully saturated rings. The molecule has 0 saturated heterocycles. The Morgan fingerprint density at radius 3 is 2.85 bits per heavy atom. The first-order chi connectivity index (χ1) is 6.13. The van der Waals surface area contributed by atoms with E-state index in [0.717, 1.165) is 6.08 Å². The Hall–Kier alpha value is -1.48. The van der Waals surface area contributed by atoms with Crippen LogP contribution in [0.4, 0.5) is 5.69 Å². The van der Waals surface area contributed by atoms with Gasteiger partial charge in [-0.15, -0.1) is 0 Å². The van der Waals surface area contributed by atoms with Crippen molar-refractivity contribution in [1.29, 1.82) is 0 Å². The fourth-order valence-electron chi connectivity index (χ4n) is 0.794. The van der Waals surface area contributed by atoms with E-state index in [1.807, 2.05) is 0 Å². The van der Waals surface area contributed by atoms with Gasteiger partial charge in [-0.25, -0.2) is 0 Å². The molecular formula is C9H8ClNO2. The molecule has 0 atom stereocenters. The van der Waals surface area contributed by atoms with E-state index in [9.17, 15) is 9.90 Å². The van der Waals surface area contributed by atoms with Gasteiger partial charge in [0.15, 0.2) is 0 Å². The average molecular weight is 198 g/mol. The minimum Gasteiger partial charge on any atom is -0.506 e. The maximum atomic E-state index is 10.8. The van der Waals surface area contributed by atoms with Gasteiger partial charge in [-0.3, -0.25) is 4.79 Å². The number of rotatable bonds is 2. The number of hydrogen-bond donors (Lipinski definition) is 2. The van der Waals surface area contributed by atoms with Crippen molar-refractivity contribution in [3.8, 4) is 5.75 Å². The molecule has 0 heterocycles. The lowest BCUT2D eigenvalue weighted by Crippen LogP contribution is -2.07. The summed E-state index contributed by atoms with van der Waals surface area (Å²) < 4.78 is 0. The highest BCUT2D eigenvalue weighted by atomic mass is 35.5. The molecule has 0 bridgehead atoms. The maximum Gasteiger partial charge on any atom is 0.247 e. The number of carbonyl (C=O) groups is 1. The van der Waals surface area contributed by atoms with Crippen molar-refractivity contribution in [3.05, 3.63) is 35.9 Å². The highest BCUT2D eigenvalue weighted by Gasteiger charge is 2.03. The van der Waals surface area contributed by atoms with E-state index < -0.39 is 0 Å². The number of phenolic OH excluding ortho intramolecular Hbond substituents is 1. The Morgan fingerprint density at radius 1 is 1.62 bits per heavy atom. The second-order valence-corrected chi connectivity index (χ2v) is 2.79. The van der Waals surface area contributed by atoms with Crippen molar-refractivity contribution in [3.63, 3.8) is 0 Å². The number of nitrogens with one attached hydrogen (secondary N) is 1. The highest BCUT2D eigenvalue weighted by molar-refractivity contribution is 6.30. The van der Waals surface area contributed by atoms with Crippen LogP contribution in [0.25, 0.3) is 0 Å². The minimum absolute atomic E-state index is 0.0669. The third kappa shape index (κ3) is 2.49. The minimum atomic E-state index is -0.377. The molecular weight excluding hydrogens is 190 g/mol. The summed E-state index contributed by atoms with van der Waals surface area (Å²) in [5.74, 6) is -0.444. The van der Waals surface area contributed by atoms with Gasteiger partial charge in [0.1, 0.15) is 5.75 Å². The van der Waals surface area contributed by atoms with Crippen LogP contribution in [0.5, 0.6) is 5.75 Å². The number of phenols is 1. The number of hydrogen-bond acceptors (Lipinski definition) is 2. The SMILES string of the molecule is C=CC(=O)Nc1ccc(Cl)cc1O. The number of amides is 1. The Balaban J connectivity index is 2.89. The molecule has 0 aliphatic heterocycles. The molecule has 13 heavy (non-hydrogen) atoms. The average Bonchev–Trinajstić information content (AvgIpc) is 2.09. The Bertz CT molecular complexity index is 349. The van der Waals surface area contributed by atoms with E-state index in [1.54, 1.807) is 6.07 Å². The van der Waals surface area contributed by atoms with E-state index in [-0.39, 0.29) is 11.7 Å². The summed E-state index contributed by atoms with van der Waals surface area (Å²) >= 11 is 5.59. The van der Waals surface area contributed by atoms with E-state index in [2.05, 4.69) is 11.9 Å². The van der Waals surface area contributed by atoms with Gasteiger partial charge in [0.2, 0.25) is 5.91 Å². The summed E-state index contributed by atoms with van der Waals surface area (Å²) in [4.78, 5) is 10.8. The van der Waals surface area contributed by atoms with Crippen LogP contribution in [-0.4, -0.2) is 11.0 Å². The third-order valence-corrected chi connectivity index (χ3v) is 1.64. The van der Waals surface area contributed by atoms with Crippen molar-refractivity contribution >= 4 is 23.2 Å². The van der Waals surface area contributed by atoms with Crippen LogP contribution in [0.15, 0.2) is 30.9 Å². The maximum absolute atomic E-state index is 10.8. The highest BCUT2D eigenvalue weighted by Crippen LogP contribution is 2.26. The zero-order valence-electron chi connectivity index (χ0n) is 6.75. The van der Waals surface area contributed by atoms with Crippen LogP contribution >= 0.6 is 11.6 Å². The fourth-order valence-corrected chi connectivity index (χ4v) is 0.961. The molecule has 0 aliphatic rings. The van der Waals surface area contributed by atoms with Crippen LogP contribution in [0, 0.1) is 0 Å². The van der Waals surface area contributed by atoms with Crippen LogP contribution in [0.3, 0.4) is 0 Å². The summed E-state index contributed by atoms with van der Waals surface area (Å²) in [6.45, 7) is 3.28. The first-order valence-corrected chi connectivity index (χ1v) is 3.93. The number of carbonyl (C=O) groups excluding carboxylic acids is 1. The van der Waals surface area contributed by atoms with E-state index in [1.165, 1.54) is 12.1 Å². The molecule has 1 rings (SSSR count). The molecule has 2 N–H and O–H groups in total. The summed E-state index contributed by atoms with van der Waals surface area (Å²) in [5.41, 5.74) is 0.314. The smallest absolute Gasteiger partial charge is 0.247 e. The number of anilines is 1. The molecule has 0 unspecified atom stereocenters. The summed E-state index contributed by atoms with van der Waals surface area (Å²) in [6, 6.07) is 4.43. The van der Waals surface area contributed by atoms with Gasteiger partial charge in [0, 0.05) is 11.1 Å². The van der Waals surface area contributed by atoms with Gasteiger partial charge < -0.3 is 10.4 Å². The molecule has 1 amide bonds. The molecule has 3 nitrogen and oxygen atoms in total. The monoisotopic (exact) mass is 197 g/mol. The summed E-state index contributed by atoms with van der Waals surface area (Å²) in [7, 11) is 0. The molecule has 4 heteroatoms. The van der Waals surface area contributed by atoms with E-state index >= 15 is 0 Å². The van der Waals surface area contributed by atoms with Gasteiger partial charge in [-0.05, 0) is 18.2 Å². The fraction of sp³-hybridized carbons (Fsp3) is 0. The van der Waals surface area contributed by atoms with Crippen molar-refractivity contribution in [1.82, 2.24) is 0 Å². The number of halogens is 1. The summed E-state index contributed by atoms with van der Waals surface area (Å²) in [5, 5.41) is 12.1. The van der Waals surface area contributed by atoms with E-state index in [0.29, 0.717) is 10.7 Å². The van der Waals surface area contributed by atoms with Gasteiger partial charge in [0.05, 0.1) is 5.69 Å². The molecule has 68 valence electrons. The largest absolute Gasteiger partial charge is 0.506 e. The van der Waals surface area contributed by atoms with Crippen molar-refractivity contribution in [2.45, 2.75) is 0 Å². The first-order valence-electron chi connectivity index (χ1n) is 3.55. The molecule has 0 aromatic heterocycles. The summed E-state index contributed by atoms with van der Waals surface area (Å²) in [6.07, 6.45) is 1.12.